The maximum atomic E-state index is 5.42. The molecule has 0 saturated heterocycles. The molecule has 0 unspecified atom stereocenters. The summed E-state index contributed by atoms with van der Waals surface area (Å²) in [6, 6.07) is 21.5. The molecule has 0 aliphatic heterocycles. The molecule has 0 radical (unpaired) electrons. The van der Waals surface area contributed by atoms with Crippen LogP contribution in [-0.2, 0) is 0 Å². The van der Waals surface area contributed by atoms with E-state index >= 15 is 0 Å². The number of aromatic nitrogens is 3. The highest BCUT2D eigenvalue weighted by atomic mass is 32.1. The minimum atomic E-state index is 0.515. The standard InChI is InChI=1S/C23H20N6S/c1-16-9-10-19(27-23(30)26-18-7-3-2-4-8-18)14-21(16)29-22-25-13-11-20(28-22)17-6-5-12-24-15-17/h2-15H,1H3,(H,25,28,29)(H2,26,27,30). The van der Waals surface area contributed by atoms with E-state index in [-0.39, 0.29) is 0 Å². The van der Waals surface area contributed by atoms with Gasteiger partial charge in [-0.15, -0.1) is 0 Å². The van der Waals surface area contributed by atoms with Crippen molar-refractivity contribution in [2.45, 2.75) is 6.92 Å². The Balaban J connectivity index is 1.49. The second kappa shape index (κ2) is 9.11. The molecule has 2 heterocycles. The molecular formula is C23H20N6S. The van der Waals surface area contributed by atoms with Gasteiger partial charge in [-0.3, -0.25) is 4.98 Å². The second-order valence-corrected chi connectivity index (χ2v) is 7.02. The van der Waals surface area contributed by atoms with E-state index in [9.17, 15) is 0 Å². The lowest BCUT2D eigenvalue weighted by Gasteiger charge is -2.14. The van der Waals surface area contributed by atoms with Crippen molar-refractivity contribution in [3.63, 3.8) is 0 Å². The van der Waals surface area contributed by atoms with Crippen molar-refractivity contribution in [2.75, 3.05) is 16.0 Å². The lowest BCUT2D eigenvalue weighted by atomic mass is 10.2. The summed E-state index contributed by atoms with van der Waals surface area (Å²) in [5, 5.41) is 10.2. The van der Waals surface area contributed by atoms with Crippen LogP contribution >= 0.6 is 12.2 Å². The summed E-state index contributed by atoms with van der Waals surface area (Å²) in [7, 11) is 0. The largest absolute Gasteiger partial charge is 0.332 e. The van der Waals surface area contributed by atoms with Gasteiger partial charge in [0.1, 0.15) is 0 Å². The molecule has 7 heteroatoms. The van der Waals surface area contributed by atoms with Crippen LogP contribution in [-0.4, -0.2) is 20.1 Å². The van der Waals surface area contributed by atoms with Crippen LogP contribution in [0.3, 0.4) is 0 Å². The summed E-state index contributed by atoms with van der Waals surface area (Å²) >= 11 is 5.42. The Morgan fingerprint density at radius 2 is 1.70 bits per heavy atom. The van der Waals surface area contributed by atoms with Gasteiger partial charge in [0.25, 0.3) is 0 Å². The fourth-order valence-corrected chi connectivity index (χ4v) is 3.10. The molecule has 0 aliphatic rings. The molecule has 2 aromatic carbocycles. The van der Waals surface area contributed by atoms with Crippen molar-refractivity contribution in [3.05, 3.63) is 90.9 Å². The smallest absolute Gasteiger partial charge is 0.227 e. The van der Waals surface area contributed by atoms with Crippen molar-refractivity contribution in [1.82, 2.24) is 15.0 Å². The quantitative estimate of drug-likeness (QED) is 0.379. The van der Waals surface area contributed by atoms with Crippen molar-refractivity contribution in [3.8, 4) is 11.3 Å². The molecule has 4 rings (SSSR count). The molecule has 0 aliphatic carbocycles. The highest BCUT2D eigenvalue weighted by molar-refractivity contribution is 7.80. The molecule has 0 amide bonds. The molecule has 0 fully saturated rings. The van der Waals surface area contributed by atoms with Crippen LogP contribution in [0.5, 0.6) is 0 Å². The Bertz CT molecular complexity index is 1150. The minimum Gasteiger partial charge on any atom is -0.332 e. The zero-order valence-corrected chi connectivity index (χ0v) is 17.1. The van der Waals surface area contributed by atoms with Crippen LogP contribution in [0.4, 0.5) is 23.0 Å². The monoisotopic (exact) mass is 412 g/mol. The highest BCUT2D eigenvalue weighted by Crippen LogP contribution is 2.24. The Morgan fingerprint density at radius 1 is 0.867 bits per heavy atom. The van der Waals surface area contributed by atoms with Gasteiger partial charge in [-0.2, -0.15) is 0 Å². The number of benzene rings is 2. The summed E-state index contributed by atoms with van der Waals surface area (Å²) in [5.41, 5.74) is 5.50. The topological polar surface area (TPSA) is 74.8 Å². The number of rotatable bonds is 5. The van der Waals surface area contributed by atoms with Crippen LogP contribution in [0.25, 0.3) is 11.3 Å². The Labute approximate surface area is 180 Å². The first kappa shape index (κ1) is 19.5. The van der Waals surface area contributed by atoms with Crippen molar-refractivity contribution in [2.24, 2.45) is 0 Å². The number of hydrogen-bond donors (Lipinski definition) is 3. The van der Waals surface area contributed by atoms with Gasteiger partial charge >= 0.3 is 0 Å². The Morgan fingerprint density at radius 3 is 2.50 bits per heavy atom. The number of nitrogens with zero attached hydrogens (tertiary/aromatic N) is 3. The maximum absolute atomic E-state index is 5.42. The van der Waals surface area contributed by atoms with Gasteiger partial charge in [0, 0.05) is 41.2 Å². The third-order valence-corrected chi connectivity index (χ3v) is 4.59. The van der Waals surface area contributed by atoms with E-state index in [1.807, 2.05) is 73.7 Å². The number of thiocarbonyl (C=S) groups is 1. The predicted octanol–water partition coefficient (Wildman–Crippen LogP) is 5.40. The molecule has 6 nitrogen and oxygen atoms in total. The number of anilines is 4. The van der Waals surface area contributed by atoms with Crippen molar-refractivity contribution >= 4 is 40.3 Å². The van der Waals surface area contributed by atoms with Crippen LogP contribution < -0.4 is 16.0 Å². The summed E-state index contributed by atoms with van der Waals surface area (Å²) < 4.78 is 0. The summed E-state index contributed by atoms with van der Waals surface area (Å²) in [6.45, 7) is 2.03. The fourth-order valence-electron chi connectivity index (χ4n) is 2.86. The van der Waals surface area contributed by atoms with Crippen LogP contribution in [0.2, 0.25) is 0 Å². The highest BCUT2D eigenvalue weighted by Gasteiger charge is 2.07. The van der Waals surface area contributed by atoms with Crippen LogP contribution in [0.15, 0.2) is 85.3 Å². The SMILES string of the molecule is Cc1ccc(NC(=S)Nc2ccccc2)cc1Nc1nccc(-c2cccnc2)n1. The zero-order chi connectivity index (χ0) is 20.8. The third kappa shape index (κ3) is 4.95. The van der Waals surface area contributed by atoms with Gasteiger partial charge in [0.15, 0.2) is 5.11 Å². The lowest BCUT2D eigenvalue weighted by Crippen LogP contribution is -2.19. The molecule has 148 valence electrons. The fraction of sp³-hybridized carbons (Fsp3) is 0.0435. The van der Waals surface area contributed by atoms with Gasteiger partial charge in [0.05, 0.1) is 5.69 Å². The average Bonchev–Trinajstić information content (AvgIpc) is 2.77. The molecule has 0 bridgehead atoms. The van der Waals surface area contributed by atoms with E-state index in [1.165, 1.54) is 0 Å². The Hall–Kier alpha value is -3.84. The van der Waals surface area contributed by atoms with Crippen molar-refractivity contribution < 1.29 is 0 Å². The number of para-hydroxylation sites is 1. The zero-order valence-electron chi connectivity index (χ0n) is 16.3. The number of aryl methyl sites for hydroxylation is 1. The number of nitrogens with one attached hydrogen (secondary N) is 3. The molecule has 0 saturated carbocycles. The van der Waals surface area contributed by atoms with E-state index < -0.39 is 0 Å². The van der Waals surface area contributed by atoms with E-state index in [0.29, 0.717) is 11.1 Å². The lowest BCUT2D eigenvalue weighted by molar-refractivity contribution is 1.16. The molecule has 30 heavy (non-hydrogen) atoms. The normalized spacial score (nSPS) is 10.3. The van der Waals surface area contributed by atoms with E-state index in [1.54, 1.807) is 18.6 Å². The van der Waals surface area contributed by atoms with E-state index in [4.69, 9.17) is 12.2 Å². The second-order valence-electron chi connectivity index (χ2n) is 6.61. The van der Waals surface area contributed by atoms with Crippen molar-refractivity contribution in [1.29, 1.82) is 0 Å². The van der Waals surface area contributed by atoms with Gasteiger partial charge in [-0.25, -0.2) is 9.97 Å². The number of pyridine rings is 1. The van der Waals surface area contributed by atoms with Gasteiger partial charge in [0.2, 0.25) is 5.95 Å². The summed E-state index contributed by atoms with van der Waals surface area (Å²) in [4.78, 5) is 13.1. The molecular weight excluding hydrogens is 392 g/mol. The minimum absolute atomic E-state index is 0.515. The van der Waals surface area contributed by atoms with E-state index in [0.717, 1.165) is 33.9 Å². The van der Waals surface area contributed by atoms with Gasteiger partial charge in [-0.05, 0) is 67.2 Å². The van der Waals surface area contributed by atoms with Crippen LogP contribution in [0.1, 0.15) is 5.56 Å². The molecule has 0 spiro atoms. The summed E-state index contributed by atoms with van der Waals surface area (Å²) in [6.07, 6.45) is 5.25. The molecule has 4 aromatic rings. The number of hydrogen-bond acceptors (Lipinski definition) is 5. The van der Waals surface area contributed by atoms with Crippen LogP contribution in [0, 0.1) is 6.92 Å². The first-order chi connectivity index (χ1) is 14.7. The predicted molar refractivity (Wildman–Crippen MR) is 126 cm³/mol. The first-order valence-electron chi connectivity index (χ1n) is 9.41. The maximum Gasteiger partial charge on any atom is 0.227 e. The first-order valence-corrected chi connectivity index (χ1v) is 9.82. The Kier molecular flexibility index (Phi) is 5.91. The van der Waals surface area contributed by atoms with Gasteiger partial charge in [-0.1, -0.05) is 24.3 Å². The van der Waals surface area contributed by atoms with Gasteiger partial charge < -0.3 is 16.0 Å². The average molecular weight is 413 g/mol. The molecule has 3 N–H and O–H groups in total. The molecule has 2 aromatic heterocycles. The summed E-state index contributed by atoms with van der Waals surface area (Å²) in [5.74, 6) is 0.515. The third-order valence-electron chi connectivity index (χ3n) is 4.39. The van der Waals surface area contributed by atoms with E-state index in [2.05, 4.69) is 30.9 Å². The molecule has 0 atom stereocenters.